The Morgan fingerprint density at radius 3 is 2.39 bits per heavy atom. The van der Waals surface area contributed by atoms with Gasteiger partial charge in [0.05, 0.1) is 0 Å². The molecule has 4 nitrogen and oxygen atoms in total. The minimum absolute atomic E-state index is 0.166. The molecule has 0 radical (unpaired) electrons. The second kappa shape index (κ2) is 3.90. The average Bonchev–Trinajstić information content (AvgIpc) is 2.33. The fraction of sp³-hybridized carbons (Fsp3) is 0.500. The van der Waals surface area contributed by atoms with E-state index < -0.39 is 11.4 Å². The molecule has 0 aliphatic carbocycles. The highest BCUT2D eigenvalue weighted by Gasteiger charge is 2.40. The highest BCUT2D eigenvalue weighted by Crippen LogP contribution is 2.43. The fourth-order valence-corrected chi connectivity index (χ4v) is 2.39. The van der Waals surface area contributed by atoms with E-state index in [1.807, 2.05) is 13.8 Å². The first-order valence-corrected chi connectivity index (χ1v) is 5.95. The highest BCUT2D eigenvalue weighted by atomic mass is 16.5. The summed E-state index contributed by atoms with van der Waals surface area (Å²) >= 11 is 0. The van der Waals surface area contributed by atoms with E-state index in [1.54, 1.807) is 13.8 Å². The third-order valence-electron chi connectivity index (χ3n) is 3.96. The van der Waals surface area contributed by atoms with Crippen molar-refractivity contribution < 1.29 is 19.7 Å². The van der Waals surface area contributed by atoms with Crippen LogP contribution in [0, 0.1) is 26.2 Å². The number of carboxylic acids is 1. The lowest BCUT2D eigenvalue weighted by Crippen LogP contribution is -2.39. The van der Waals surface area contributed by atoms with Gasteiger partial charge in [-0.25, -0.2) is 0 Å². The molecule has 2 N–H and O–H groups in total. The van der Waals surface area contributed by atoms with Gasteiger partial charge in [-0.05, 0) is 50.8 Å². The third kappa shape index (κ3) is 1.64. The molecule has 0 aromatic heterocycles. The molecule has 98 valence electrons. The Hall–Kier alpha value is -1.71. The third-order valence-corrected chi connectivity index (χ3v) is 3.96. The van der Waals surface area contributed by atoms with Crippen molar-refractivity contribution in [2.75, 3.05) is 6.61 Å². The highest BCUT2D eigenvalue weighted by molar-refractivity contribution is 5.76. The number of ether oxygens (including phenoxy) is 1. The number of benzene rings is 1. The summed E-state index contributed by atoms with van der Waals surface area (Å²) < 4.78 is 5.66. The molecule has 0 saturated heterocycles. The van der Waals surface area contributed by atoms with Crippen molar-refractivity contribution in [2.24, 2.45) is 5.41 Å². The molecule has 1 aliphatic rings. The zero-order valence-electron chi connectivity index (χ0n) is 11.1. The number of carbonyl (C=O) groups is 1. The number of rotatable bonds is 1. The first kappa shape index (κ1) is 12.7. The minimum atomic E-state index is -0.925. The molecule has 0 saturated carbocycles. The van der Waals surface area contributed by atoms with Gasteiger partial charge in [0.25, 0.3) is 0 Å². The van der Waals surface area contributed by atoms with E-state index in [0.717, 1.165) is 28.0 Å². The predicted octanol–water partition coefficient (Wildman–Crippen LogP) is 2.34. The summed E-state index contributed by atoms with van der Waals surface area (Å²) in [7, 11) is 0. The van der Waals surface area contributed by atoms with Crippen LogP contribution in [0.15, 0.2) is 0 Å². The van der Waals surface area contributed by atoms with Crippen LogP contribution in [0.3, 0.4) is 0 Å². The summed E-state index contributed by atoms with van der Waals surface area (Å²) in [5.41, 5.74) is 2.30. The maximum Gasteiger partial charge on any atom is 0.313 e. The predicted molar refractivity (Wildman–Crippen MR) is 67.3 cm³/mol. The van der Waals surface area contributed by atoms with Gasteiger partial charge in [-0.2, -0.15) is 0 Å². The Morgan fingerprint density at radius 1 is 1.22 bits per heavy atom. The molecule has 1 aromatic carbocycles. The molecule has 1 unspecified atom stereocenters. The summed E-state index contributed by atoms with van der Waals surface area (Å²) in [5, 5.41) is 19.3. The Kier molecular flexibility index (Phi) is 2.76. The van der Waals surface area contributed by atoms with Crippen molar-refractivity contribution in [3.63, 3.8) is 0 Å². The van der Waals surface area contributed by atoms with Crippen molar-refractivity contribution in [3.05, 3.63) is 22.3 Å². The van der Waals surface area contributed by atoms with Gasteiger partial charge in [0, 0.05) is 5.56 Å². The van der Waals surface area contributed by atoms with Gasteiger partial charge < -0.3 is 14.9 Å². The average molecular weight is 250 g/mol. The minimum Gasteiger partial charge on any atom is -0.507 e. The van der Waals surface area contributed by atoms with Crippen LogP contribution < -0.4 is 4.74 Å². The van der Waals surface area contributed by atoms with Crippen molar-refractivity contribution in [1.29, 1.82) is 0 Å². The van der Waals surface area contributed by atoms with Crippen LogP contribution in [0.5, 0.6) is 11.5 Å². The van der Waals surface area contributed by atoms with Gasteiger partial charge in [-0.15, -0.1) is 0 Å². The van der Waals surface area contributed by atoms with Crippen LogP contribution in [0.1, 0.15) is 29.2 Å². The van der Waals surface area contributed by atoms with Gasteiger partial charge in [0.15, 0.2) is 0 Å². The molecule has 0 fully saturated rings. The molecule has 4 heteroatoms. The van der Waals surface area contributed by atoms with Crippen LogP contribution in [0.4, 0.5) is 0 Å². The van der Waals surface area contributed by atoms with E-state index >= 15 is 0 Å². The molecular formula is C14H18O4. The Bertz CT molecular complexity index is 533. The molecule has 18 heavy (non-hydrogen) atoms. The van der Waals surface area contributed by atoms with E-state index in [9.17, 15) is 15.0 Å². The van der Waals surface area contributed by atoms with Crippen molar-refractivity contribution in [2.45, 2.75) is 34.1 Å². The zero-order chi connectivity index (χ0) is 13.7. The standard InChI is InChI=1S/C14H18O4/c1-7-8(2)12-10(9(3)11(7)15)5-14(4,6-18-12)13(16)17/h15H,5-6H2,1-4H3,(H,16,17). The van der Waals surface area contributed by atoms with Gasteiger partial charge in [0.2, 0.25) is 0 Å². The zero-order valence-corrected chi connectivity index (χ0v) is 11.1. The fourth-order valence-electron chi connectivity index (χ4n) is 2.39. The van der Waals surface area contributed by atoms with Crippen molar-refractivity contribution in [1.82, 2.24) is 0 Å². The van der Waals surface area contributed by atoms with Crippen LogP contribution >= 0.6 is 0 Å². The molecule has 0 bridgehead atoms. The number of aromatic hydroxyl groups is 1. The lowest BCUT2D eigenvalue weighted by Gasteiger charge is -2.33. The number of phenols is 1. The van der Waals surface area contributed by atoms with Crippen LogP contribution in [0.2, 0.25) is 0 Å². The number of carboxylic acid groups (broad SMARTS) is 1. The van der Waals surface area contributed by atoms with Crippen LogP contribution in [-0.4, -0.2) is 22.8 Å². The number of hydrogen-bond donors (Lipinski definition) is 2. The van der Waals surface area contributed by atoms with Gasteiger partial charge in [-0.3, -0.25) is 4.79 Å². The number of fused-ring (bicyclic) bond motifs is 1. The lowest BCUT2D eigenvalue weighted by molar-refractivity contribution is -0.150. The smallest absolute Gasteiger partial charge is 0.313 e. The first-order chi connectivity index (χ1) is 8.28. The topological polar surface area (TPSA) is 66.8 Å². The van der Waals surface area contributed by atoms with Crippen LogP contribution in [0.25, 0.3) is 0 Å². The molecule has 0 amide bonds. The number of hydrogen-bond acceptors (Lipinski definition) is 3. The van der Waals surface area contributed by atoms with Gasteiger partial charge >= 0.3 is 5.97 Å². The normalized spacial score (nSPS) is 22.2. The van der Waals surface area contributed by atoms with Crippen molar-refractivity contribution in [3.8, 4) is 11.5 Å². The Morgan fingerprint density at radius 2 is 1.83 bits per heavy atom. The summed E-state index contributed by atoms with van der Waals surface area (Å²) in [4.78, 5) is 11.3. The number of phenolic OH excluding ortho intramolecular Hbond substituents is 1. The van der Waals surface area contributed by atoms with Gasteiger partial charge in [-0.1, -0.05) is 0 Å². The second-order valence-corrected chi connectivity index (χ2v) is 5.36. The quantitative estimate of drug-likeness (QED) is 0.802. The van der Waals surface area contributed by atoms with E-state index in [-0.39, 0.29) is 12.4 Å². The summed E-state index contributed by atoms with van der Waals surface area (Å²) in [6.45, 7) is 7.37. The summed E-state index contributed by atoms with van der Waals surface area (Å²) in [6, 6.07) is 0. The van der Waals surface area contributed by atoms with Gasteiger partial charge in [0.1, 0.15) is 23.5 Å². The monoisotopic (exact) mass is 250 g/mol. The molecule has 1 aromatic rings. The van der Waals surface area contributed by atoms with Crippen molar-refractivity contribution >= 4 is 5.97 Å². The largest absolute Gasteiger partial charge is 0.507 e. The SMILES string of the molecule is Cc1c(C)c2c(c(C)c1O)CC(C)(C(=O)O)CO2. The molecule has 1 heterocycles. The molecule has 1 atom stereocenters. The second-order valence-electron chi connectivity index (χ2n) is 5.36. The summed E-state index contributed by atoms with van der Waals surface area (Å²) in [6.07, 6.45) is 0.387. The molecule has 0 spiro atoms. The van der Waals surface area contributed by atoms with E-state index in [0.29, 0.717) is 6.42 Å². The molecular weight excluding hydrogens is 232 g/mol. The Labute approximate surface area is 106 Å². The summed E-state index contributed by atoms with van der Waals surface area (Å²) in [5.74, 6) is 0.108. The molecule has 2 rings (SSSR count). The number of aliphatic carboxylic acids is 1. The first-order valence-electron chi connectivity index (χ1n) is 5.95. The van der Waals surface area contributed by atoms with E-state index in [1.165, 1.54) is 0 Å². The maximum atomic E-state index is 11.3. The van der Waals surface area contributed by atoms with Crippen LogP contribution in [-0.2, 0) is 11.2 Å². The Balaban J connectivity index is 2.61. The van der Waals surface area contributed by atoms with E-state index in [2.05, 4.69) is 0 Å². The maximum absolute atomic E-state index is 11.3. The molecule has 1 aliphatic heterocycles. The van der Waals surface area contributed by atoms with E-state index in [4.69, 9.17) is 4.74 Å². The lowest BCUT2D eigenvalue weighted by atomic mass is 9.79.